The zero-order valence-electron chi connectivity index (χ0n) is 17.6. The Bertz CT molecular complexity index is 1160. The minimum Gasteiger partial charge on any atom is -0.481 e. The van der Waals surface area contributed by atoms with E-state index in [1.54, 1.807) is 42.5 Å². The van der Waals surface area contributed by atoms with Gasteiger partial charge in [-0.15, -0.1) is 0 Å². The van der Waals surface area contributed by atoms with E-state index in [4.69, 9.17) is 28.2 Å². The van der Waals surface area contributed by atoms with E-state index in [2.05, 4.69) is 0 Å². The molecule has 8 heteroatoms. The fourth-order valence-corrected chi connectivity index (χ4v) is 5.20. The first-order chi connectivity index (χ1) is 15.1. The lowest BCUT2D eigenvalue weighted by molar-refractivity contribution is -0.140. The highest BCUT2D eigenvalue weighted by Gasteiger charge is 2.48. The smallest absolute Gasteiger partial charge is 0.312 e. The number of benzene rings is 2. The Hall–Kier alpha value is -2.70. The highest BCUT2D eigenvalue weighted by atomic mass is 35.5. The summed E-state index contributed by atoms with van der Waals surface area (Å²) in [7, 11) is 0. The number of hydrogen-bond acceptors (Lipinski definition) is 4. The number of anilines is 1. The van der Waals surface area contributed by atoms with Gasteiger partial charge in [0.05, 0.1) is 23.3 Å². The average molecular weight is 473 g/mol. The summed E-state index contributed by atoms with van der Waals surface area (Å²) >= 11 is 12.7. The average Bonchev–Trinajstić information content (AvgIpc) is 2.80. The SMILES string of the molecule is CC1(C)CC(=O)C2C(=Nc3ccccc3N(C(=O)CC(=O)O)C2c2ccc(Cl)cc2Cl)C1. The van der Waals surface area contributed by atoms with E-state index < -0.39 is 30.3 Å². The number of aliphatic carboxylic acids is 1. The minimum atomic E-state index is -1.25. The Kier molecular flexibility index (Phi) is 5.86. The van der Waals surface area contributed by atoms with Crippen LogP contribution in [0.1, 0.15) is 44.7 Å². The number of para-hydroxylation sites is 2. The highest BCUT2D eigenvalue weighted by molar-refractivity contribution is 6.35. The van der Waals surface area contributed by atoms with Crippen molar-refractivity contribution in [3.05, 3.63) is 58.1 Å². The van der Waals surface area contributed by atoms with Crippen LogP contribution >= 0.6 is 23.2 Å². The van der Waals surface area contributed by atoms with Crippen LogP contribution in [0.5, 0.6) is 0 Å². The second-order valence-electron chi connectivity index (χ2n) is 9.00. The van der Waals surface area contributed by atoms with Crippen molar-refractivity contribution in [2.75, 3.05) is 4.90 Å². The Morgan fingerprint density at radius 1 is 1.16 bits per heavy atom. The summed E-state index contributed by atoms with van der Waals surface area (Å²) in [4.78, 5) is 44.5. The molecule has 0 bridgehead atoms. The number of carbonyl (C=O) groups is 3. The van der Waals surface area contributed by atoms with Crippen LogP contribution in [-0.2, 0) is 14.4 Å². The van der Waals surface area contributed by atoms with Gasteiger partial charge in [0, 0.05) is 22.2 Å². The van der Waals surface area contributed by atoms with Crippen molar-refractivity contribution in [3.8, 4) is 0 Å². The summed E-state index contributed by atoms with van der Waals surface area (Å²) in [6, 6.07) is 11.1. The zero-order valence-corrected chi connectivity index (χ0v) is 19.2. The first-order valence-corrected chi connectivity index (χ1v) is 11.0. The monoisotopic (exact) mass is 472 g/mol. The molecular formula is C24H22Cl2N2O4. The quantitative estimate of drug-likeness (QED) is 0.585. The molecule has 1 amide bonds. The predicted molar refractivity (Wildman–Crippen MR) is 124 cm³/mol. The van der Waals surface area contributed by atoms with Gasteiger partial charge in [0.15, 0.2) is 0 Å². The van der Waals surface area contributed by atoms with Crippen LogP contribution in [0.2, 0.25) is 10.0 Å². The summed E-state index contributed by atoms with van der Waals surface area (Å²) in [6.45, 7) is 4.02. The van der Waals surface area contributed by atoms with Crippen molar-refractivity contribution in [2.24, 2.45) is 16.3 Å². The number of Topliss-reactive ketones (excluding diaryl/α,β-unsaturated/α-hetero) is 1. The predicted octanol–water partition coefficient (Wildman–Crippen LogP) is 5.63. The molecule has 166 valence electrons. The molecule has 6 nitrogen and oxygen atoms in total. The molecule has 1 aliphatic heterocycles. The molecule has 2 aliphatic rings. The molecule has 0 aromatic heterocycles. The molecule has 0 saturated heterocycles. The van der Waals surface area contributed by atoms with Gasteiger partial charge in [0.1, 0.15) is 12.2 Å². The third-order valence-electron chi connectivity index (χ3n) is 5.87. The zero-order chi connectivity index (χ0) is 23.2. The number of hydrogen-bond donors (Lipinski definition) is 1. The lowest BCUT2D eigenvalue weighted by Gasteiger charge is -2.41. The van der Waals surface area contributed by atoms with Crippen molar-refractivity contribution in [1.29, 1.82) is 0 Å². The van der Waals surface area contributed by atoms with Crippen molar-refractivity contribution < 1.29 is 19.5 Å². The number of aliphatic imine (C=N–C) groups is 1. The molecule has 1 saturated carbocycles. The molecule has 2 unspecified atom stereocenters. The molecular weight excluding hydrogens is 451 g/mol. The number of carboxylic acids is 1. The highest BCUT2D eigenvalue weighted by Crippen LogP contribution is 2.49. The number of nitrogens with zero attached hydrogens (tertiary/aromatic N) is 2. The number of carboxylic acid groups (broad SMARTS) is 1. The summed E-state index contributed by atoms with van der Waals surface area (Å²) in [5.41, 5.74) is 1.87. The first-order valence-electron chi connectivity index (χ1n) is 10.3. The molecule has 2 aromatic rings. The molecule has 1 aliphatic carbocycles. The topological polar surface area (TPSA) is 87.0 Å². The lowest BCUT2D eigenvalue weighted by Crippen LogP contribution is -2.47. The molecule has 1 heterocycles. The van der Waals surface area contributed by atoms with Crippen LogP contribution in [0.3, 0.4) is 0 Å². The third-order valence-corrected chi connectivity index (χ3v) is 6.43. The van der Waals surface area contributed by atoms with Gasteiger partial charge in [-0.2, -0.15) is 0 Å². The number of ketones is 1. The molecule has 2 aromatic carbocycles. The van der Waals surface area contributed by atoms with Gasteiger partial charge in [-0.1, -0.05) is 55.2 Å². The number of rotatable bonds is 3. The molecule has 1 N–H and O–H groups in total. The third kappa shape index (κ3) is 4.17. The van der Waals surface area contributed by atoms with E-state index in [0.717, 1.165) is 0 Å². The Morgan fingerprint density at radius 2 is 1.88 bits per heavy atom. The minimum absolute atomic E-state index is 0.0584. The van der Waals surface area contributed by atoms with Gasteiger partial charge >= 0.3 is 5.97 Å². The van der Waals surface area contributed by atoms with Gasteiger partial charge in [-0.25, -0.2) is 0 Å². The number of carbonyl (C=O) groups excluding carboxylic acids is 2. The van der Waals surface area contributed by atoms with E-state index in [1.807, 2.05) is 13.8 Å². The van der Waals surface area contributed by atoms with Gasteiger partial charge < -0.3 is 10.0 Å². The van der Waals surface area contributed by atoms with E-state index in [9.17, 15) is 19.5 Å². The summed E-state index contributed by atoms with van der Waals surface area (Å²) in [6.07, 6.45) is 0.161. The van der Waals surface area contributed by atoms with Crippen LogP contribution in [0, 0.1) is 11.3 Å². The number of fused-ring (bicyclic) bond motifs is 2. The summed E-state index contributed by atoms with van der Waals surface area (Å²) < 4.78 is 0. The summed E-state index contributed by atoms with van der Waals surface area (Å²) in [5, 5.41) is 10.1. The van der Waals surface area contributed by atoms with Gasteiger partial charge in [0.25, 0.3) is 0 Å². The molecule has 1 fully saturated rings. The second-order valence-corrected chi connectivity index (χ2v) is 9.84. The molecule has 2 atom stereocenters. The first kappa shape index (κ1) is 22.5. The van der Waals surface area contributed by atoms with Gasteiger partial charge in [0.2, 0.25) is 5.91 Å². The number of amides is 1. The molecule has 32 heavy (non-hydrogen) atoms. The van der Waals surface area contributed by atoms with Crippen LogP contribution in [0.25, 0.3) is 0 Å². The Morgan fingerprint density at radius 3 is 2.56 bits per heavy atom. The van der Waals surface area contributed by atoms with Crippen molar-refractivity contribution >= 4 is 57.9 Å². The van der Waals surface area contributed by atoms with Crippen molar-refractivity contribution in [2.45, 2.75) is 39.2 Å². The standard InChI is InChI=1S/C24H22Cl2N2O4/c1-24(2)11-17-22(19(29)12-24)23(14-8-7-13(25)9-15(14)26)28(20(30)10-21(31)32)18-6-4-3-5-16(18)27-17/h3-9,22-23H,10-12H2,1-2H3,(H,31,32). The Labute approximate surface area is 195 Å². The van der Waals surface area contributed by atoms with Crippen LogP contribution < -0.4 is 4.90 Å². The van der Waals surface area contributed by atoms with E-state index in [-0.39, 0.29) is 11.2 Å². The van der Waals surface area contributed by atoms with E-state index >= 15 is 0 Å². The maximum atomic E-state index is 13.5. The van der Waals surface area contributed by atoms with Gasteiger partial charge in [-0.3, -0.25) is 19.4 Å². The van der Waals surface area contributed by atoms with Crippen LogP contribution in [0.4, 0.5) is 11.4 Å². The fraction of sp³-hybridized carbons (Fsp3) is 0.333. The molecule has 0 radical (unpaired) electrons. The van der Waals surface area contributed by atoms with E-state index in [1.165, 1.54) is 4.90 Å². The van der Waals surface area contributed by atoms with Gasteiger partial charge in [-0.05, 0) is 41.7 Å². The normalized spacial score (nSPS) is 21.8. The molecule has 0 spiro atoms. The summed E-state index contributed by atoms with van der Waals surface area (Å²) in [5.74, 6) is -2.70. The fourth-order valence-electron chi connectivity index (χ4n) is 4.68. The van der Waals surface area contributed by atoms with Crippen LogP contribution in [-0.4, -0.2) is 28.5 Å². The largest absolute Gasteiger partial charge is 0.481 e. The number of halogens is 2. The lowest BCUT2D eigenvalue weighted by atomic mass is 9.68. The Balaban J connectivity index is 2.00. The molecule has 4 rings (SSSR count). The maximum absolute atomic E-state index is 13.5. The van der Waals surface area contributed by atoms with E-state index in [0.29, 0.717) is 45.5 Å². The maximum Gasteiger partial charge on any atom is 0.312 e. The second kappa shape index (κ2) is 8.34. The van der Waals surface area contributed by atoms with Crippen LogP contribution in [0.15, 0.2) is 47.5 Å². The van der Waals surface area contributed by atoms with Crippen molar-refractivity contribution in [1.82, 2.24) is 0 Å². The van der Waals surface area contributed by atoms with Crippen molar-refractivity contribution in [3.63, 3.8) is 0 Å².